The first-order chi connectivity index (χ1) is 8.08. The van der Waals surface area contributed by atoms with Crippen molar-refractivity contribution in [3.05, 3.63) is 23.8 Å². The summed E-state index contributed by atoms with van der Waals surface area (Å²) in [5, 5.41) is 0. The van der Waals surface area contributed by atoms with E-state index in [1.807, 2.05) is 0 Å². The van der Waals surface area contributed by atoms with Gasteiger partial charge in [-0.25, -0.2) is 0 Å². The zero-order valence-electron chi connectivity index (χ0n) is 9.90. The minimum atomic E-state index is -0.136. The molecule has 0 aromatic heterocycles. The molecule has 1 heterocycles. The van der Waals surface area contributed by atoms with Crippen LogP contribution < -0.4 is 9.47 Å². The highest BCUT2D eigenvalue weighted by atomic mass is 79.9. The normalized spacial score (nSPS) is 15.1. The molecule has 92 valence electrons. The Morgan fingerprint density at radius 2 is 2.06 bits per heavy atom. The lowest BCUT2D eigenvalue weighted by atomic mass is 10.0. The lowest BCUT2D eigenvalue weighted by Gasteiger charge is -2.11. The van der Waals surface area contributed by atoms with E-state index in [2.05, 4.69) is 29.8 Å². The summed E-state index contributed by atoms with van der Waals surface area (Å²) in [5.74, 6) is 1.94. The zero-order valence-corrected chi connectivity index (χ0v) is 11.5. The predicted octanol–water partition coefficient (Wildman–Crippen LogP) is 3.41. The number of ketones is 1. The number of hydrogen-bond donors (Lipinski definition) is 0. The second kappa shape index (κ2) is 5.08. The molecule has 1 unspecified atom stereocenters. The Hall–Kier alpha value is -1.03. The first kappa shape index (κ1) is 12.4. The van der Waals surface area contributed by atoms with Crippen LogP contribution in [0.5, 0.6) is 11.5 Å². The largest absolute Gasteiger partial charge is 0.454 e. The number of ether oxygens (including phenoxy) is 2. The van der Waals surface area contributed by atoms with E-state index in [9.17, 15) is 4.79 Å². The molecule has 1 aliphatic heterocycles. The number of fused-ring (bicyclic) bond motifs is 1. The molecular formula is C13H15BrO3. The van der Waals surface area contributed by atoms with Crippen LogP contribution in [0.25, 0.3) is 0 Å². The van der Waals surface area contributed by atoms with Crippen LogP contribution in [-0.2, 0) is 0 Å². The van der Waals surface area contributed by atoms with Gasteiger partial charge in [0.15, 0.2) is 17.3 Å². The van der Waals surface area contributed by atoms with Crippen LogP contribution in [0.15, 0.2) is 18.2 Å². The summed E-state index contributed by atoms with van der Waals surface area (Å²) in [6.45, 7) is 4.43. The van der Waals surface area contributed by atoms with Crippen molar-refractivity contribution in [1.29, 1.82) is 0 Å². The third-order valence-corrected chi connectivity index (χ3v) is 3.41. The number of carbonyl (C=O) groups excluding carboxylic acids is 1. The van der Waals surface area contributed by atoms with Crippen LogP contribution in [0, 0.1) is 5.92 Å². The van der Waals surface area contributed by atoms with E-state index < -0.39 is 0 Å². The molecule has 0 bridgehead atoms. The van der Waals surface area contributed by atoms with Crippen LogP contribution in [0.3, 0.4) is 0 Å². The molecule has 0 radical (unpaired) electrons. The summed E-state index contributed by atoms with van der Waals surface area (Å²) in [5.41, 5.74) is 0.664. The van der Waals surface area contributed by atoms with Crippen LogP contribution in [0.2, 0.25) is 0 Å². The van der Waals surface area contributed by atoms with Gasteiger partial charge in [0.25, 0.3) is 0 Å². The fourth-order valence-electron chi connectivity index (χ4n) is 1.75. The number of hydrogen-bond acceptors (Lipinski definition) is 3. The lowest BCUT2D eigenvalue weighted by molar-refractivity contribution is 0.0984. The highest BCUT2D eigenvalue weighted by molar-refractivity contribution is 9.10. The van der Waals surface area contributed by atoms with Gasteiger partial charge in [0.05, 0.1) is 4.83 Å². The number of benzene rings is 1. The van der Waals surface area contributed by atoms with Crippen molar-refractivity contribution in [3.63, 3.8) is 0 Å². The SMILES string of the molecule is CC(C)CC(Br)C(=O)c1ccc2c(c1)OCO2. The maximum absolute atomic E-state index is 12.1. The van der Waals surface area contributed by atoms with Gasteiger partial charge in [-0.05, 0) is 30.5 Å². The van der Waals surface area contributed by atoms with E-state index in [1.165, 1.54) is 0 Å². The average molecular weight is 299 g/mol. The fraction of sp³-hybridized carbons (Fsp3) is 0.462. The standard InChI is InChI=1S/C13H15BrO3/c1-8(2)5-10(14)13(15)9-3-4-11-12(6-9)17-7-16-11/h3-4,6,8,10H,5,7H2,1-2H3. The molecule has 4 heteroatoms. The summed E-state index contributed by atoms with van der Waals surface area (Å²) < 4.78 is 10.5. The van der Waals surface area contributed by atoms with Gasteiger partial charge in [-0.3, -0.25) is 4.79 Å². The van der Waals surface area contributed by atoms with E-state index >= 15 is 0 Å². The predicted molar refractivity (Wildman–Crippen MR) is 69.1 cm³/mol. The van der Waals surface area contributed by atoms with Crippen molar-refractivity contribution >= 4 is 21.7 Å². The minimum absolute atomic E-state index is 0.0944. The van der Waals surface area contributed by atoms with E-state index in [0.29, 0.717) is 23.0 Å². The molecule has 0 spiro atoms. The molecule has 0 saturated heterocycles. The second-order valence-corrected chi connectivity index (χ2v) is 5.63. The maximum atomic E-state index is 12.1. The topological polar surface area (TPSA) is 35.5 Å². The van der Waals surface area contributed by atoms with E-state index in [-0.39, 0.29) is 17.4 Å². The fourth-order valence-corrected chi connectivity index (χ4v) is 2.76. The highest BCUT2D eigenvalue weighted by Gasteiger charge is 2.21. The molecule has 1 atom stereocenters. The molecular weight excluding hydrogens is 284 g/mol. The van der Waals surface area contributed by atoms with Crippen molar-refractivity contribution < 1.29 is 14.3 Å². The number of carbonyl (C=O) groups is 1. The second-order valence-electron chi connectivity index (χ2n) is 4.53. The van der Waals surface area contributed by atoms with Crippen LogP contribution in [-0.4, -0.2) is 17.4 Å². The lowest BCUT2D eigenvalue weighted by Crippen LogP contribution is -2.16. The molecule has 17 heavy (non-hydrogen) atoms. The average Bonchev–Trinajstić information content (AvgIpc) is 2.73. The molecule has 0 aliphatic carbocycles. The van der Waals surface area contributed by atoms with Gasteiger partial charge in [0.2, 0.25) is 6.79 Å². The molecule has 0 amide bonds. The minimum Gasteiger partial charge on any atom is -0.454 e. The van der Waals surface area contributed by atoms with Crippen molar-refractivity contribution in [3.8, 4) is 11.5 Å². The Bertz CT molecular complexity index is 429. The molecule has 0 fully saturated rings. The van der Waals surface area contributed by atoms with E-state index in [0.717, 1.165) is 6.42 Å². The Labute approximate surface area is 109 Å². The van der Waals surface area contributed by atoms with Gasteiger partial charge in [0.1, 0.15) is 0 Å². The van der Waals surface area contributed by atoms with Crippen LogP contribution >= 0.6 is 15.9 Å². The van der Waals surface area contributed by atoms with Crippen LogP contribution in [0.1, 0.15) is 30.6 Å². The Balaban J connectivity index is 2.14. The summed E-state index contributed by atoms with van der Waals surface area (Å²) >= 11 is 3.44. The van der Waals surface area contributed by atoms with Gasteiger partial charge in [-0.15, -0.1) is 0 Å². The van der Waals surface area contributed by atoms with E-state index in [1.54, 1.807) is 18.2 Å². The van der Waals surface area contributed by atoms with E-state index in [4.69, 9.17) is 9.47 Å². The molecule has 3 nitrogen and oxygen atoms in total. The molecule has 2 rings (SSSR count). The van der Waals surface area contributed by atoms with Gasteiger partial charge in [-0.2, -0.15) is 0 Å². The van der Waals surface area contributed by atoms with Crippen molar-refractivity contribution in [1.82, 2.24) is 0 Å². The zero-order chi connectivity index (χ0) is 12.4. The summed E-state index contributed by atoms with van der Waals surface area (Å²) in [6, 6.07) is 5.31. The van der Waals surface area contributed by atoms with Crippen molar-refractivity contribution in [2.24, 2.45) is 5.92 Å². The number of rotatable bonds is 4. The molecule has 1 aromatic rings. The molecule has 0 saturated carbocycles. The smallest absolute Gasteiger partial charge is 0.231 e. The molecule has 1 aromatic carbocycles. The number of halogens is 1. The van der Waals surface area contributed by atoms with Gasteiger partial charge < -0.3 is 9.47 Å². The summed E-state index contributed by atoms with van der Waals surface area (Å²) in [4.78, 5) is 12.0. The molecule has 1 aliphatic rings. The molecule has 0 N–H and O–H groups in total. The first-order valence-electron chi connectivity index (χ1n) is 5.66. The monoisotopic (exact) mass is 298 g/mol. The maximum Gasteiger partial charge on any atom is 0.231 e. The Morgan fingerprint density at radius 3 is 2.76 bits per heavy atom. The van der Waals surface area contributed by atoms with Crippen LogP contribution in [0.4, 0.5) is 0 Å². The van der Waals surface area contributed by atoms with Gasteiger partial charge in [0, 0.05) is 5.56 Å². The van der Waals surface area contributed by atoms with Gasteiger partial charge in [-0.1, -0.05) is 29.8 Å². The number of alkyl halides is 1. The van der Waals surface area contributed by atoms with Crippen molar-refractivity contribution in [2.45, 2.75) is 25.1 Å². The Morgan fingerprint density at radius 1 is 1.35 bits per heavy atom. The summed E-state index contributed by atoms with van der Waals surface area (Å²) in [7, 11) is 0. The third-order valence-electron chi connectivity index (χ3n) is 2.62. The third kappa shape index (κ3) is 2.80. The Kier molecular flexibility index (Phi) is 3.72. The summed E-state index contributed by atoms with van der Waals surface area (Å²) in [6.07, 6.45) is 0.827. The van der Waals surface area contributed by atoms with Crippen molar-refractivity contribution in [2.75, 3.05) is 6.79 Å². The quantitative estimate of drug-likeness (QED) is 0.631. The number of Topliss-reactive ketones (excluding diaryl/α,β-unsaturated/α-hetero) is 1. The first-order valence-corrected chi connectivity index (χ1v) is 6.57. The highest BCUT2D eigenvalue weighted by Crippen LogP contribution is 2.33. The van der Waals surface area contributed by atoms with Gasteiger partial charge >= 0.3 is 0 Å².